The Kier molecular flexibility index (Phi) is 4.91. The van der Waals surface area contributed by atoms with E-state index in [0.29, 0.717) is 0 Å². The molecule has 0 saturated heterocycles. The molecule has 1 aromatic carbocycles. The minimum absolute atomic E-state index is 0.0130. The molecule has 0 fully saturated rings. The Bertz CT molecular complexity index is 752. The van der Waals surface area contributed by atoms with Crippen LogP contribution in [0.2, 0.25) is 0 Å². The summed E-state index contributed by atoms with van der Waals surface area (Å²) in [4.78, 5) is 24.0. The summed E-state index contributed by atoms with van der Waals surface area (Å²) in [5.41, 5.74) is -0.787. The van der Waals surface area contributed by atoms with Gasteiger partial charge in [-0.05, 0) is 31.2 Å². The van der Waals surface area contributed by atoms with Gasteiger partial charge >= 0.3 is 12.1 Å². The van der Waals surface area contributed by atoms with E-state index in [2.05, 4.69) is 10.4 Å². The Labute approximate surface area is 135 Å². The second-order valence-corrected chi connectivity index (χ2v) is 4.78. The summed E-state index contributed by atoms with van der Waals surface area (Å²) in [6.07, 6.45) is -3.24. The van der Waals surface area contributed by atoms with Crippen molar-refractivity contribution < 1.29 is 27.5 Å². The first-order valence-electron chi connectivity index (χ1n) is 6.91. The number of nitrogens with zero attached hydrogens (tertiary/aromatic N) is 2. The average molecular weight is 341 g/mol. The number of hydrogen-bond donors (Lipinski definition) is 1. The molecule has 1 aromatic heterocycles. The van der Waals surface area contributed by atoms with E-state index in [9.17, 15) is 22.8 Å². The second kappa shape index (κ2) is 6.73. The average Bonchev–Trinajstić information content (AvgIpc) is 2.88. The second-order valence-electron chi connectivity index (χ2n) is 4.78. The van der Waals surface area contributed by atoms with Crippen LogP contribution in [0.1, 0.15) is 33.2 Å². The molecule has 0 aliphatic carbocycles. The van der Waals surface area contributed by atoms with Crippen molar-refractivity contribution in [3.05, 3.63) is 47.2 Å². The van der Waals surface area contributed by atoms with E-state index in [1.807, 2.05) is 0 Å². The van der Waals surface area contributed by atoms with Crippen molar-refractivity contribution in [2.24, 2.45) is 7.05 Å². The molecule has 24 heavy (non-hydrogen) atoms. The number of halogens is 3. The molecule has 1 amide bonds. The summed E-state index contributed by atoms with van der Waals surface area (Å²) in [5, 5.41) is 6.32. The number of rotatable bonds is 4. The molecule has 128 valence electrons. The van der Waals surface area contributed by atoms with Gasteiger partial charge in [0.15, 0.2) is 0 Å². The highest BCUT2D eigenvalue weighted by molar-refractivity contribution is 6.07. The van der Waals surface area contributed by atoms with Crippen LogP contribution in [-0.2, 0) is 18.0 Å². The number of alkyl halides is 3. The first kappa shape index (κ1) is 17.5. The Morgan fingerprint density at radius 3 is 2.42 bits per heavy atom. The Morgan fingerprint density at radius 1 is 1.25 bits per heavy atom. The van der Waals surface area contributed by atoms with Crippen molar-refractivity contribution in [3.63, 3.8) is 0 Å². The van der Waals surface area contributed by atoms with Gasteiger partial charge in [-0.25, -0.2) is 4.79 Å². The van der Waals surface area contributed by atoms with Crippen LogP contribution in [0.15, 0.2) is 30.5 Å². The standard InChI is InChI=1S/C15H14F3N3O3/c1-3-24-14(23)11-8-19-21(2)12(11)20-13(22)9-4-6-10(7-5-9)15(16,17)18/h4-8H,3H2,1-2H3,(H,20,22). The smallest absolute Gasteiger partial charge is 0.416 e. The van der Waals surface area contributed by atoms with Gasteiger partial charge in [0.1, 0.15) is 11.4 Å². The quantitative estimate of drug-likeness (QED) is 0.868. The van der Waals surface area contributed by atoms with E-state index in [1.54, 1.807) is 6.92 Å². The number of ether oxygens (including phenoxy) is 1. The van der Waals surface area contributed by atoms with E-state index < -0.39 is 23.6 Å². The lowest BCUT2D eigenvalue weighted by molar-refractivity contribution is -0.137. The first-order chi connectivity index (χ1) is 11.2. The van der Waals surface area contributed by atoms with E-state index in [1.165, 1.54) is 17.9 Å². The van der Waals surface area contributed by atoms with E-state index in [4.69, 9.17) is 4.74 Å². The van der Waals surface area contributed by atoms with Gasteiger partial charge in [0, 0.05) is 12.6 Å². The predicted molar refractivity (Wildman–Crippen MR) is 78.6 cm³/mol. The number of anilines is 1. The van der Waals surface area contributed by atoms with Crippen LogP contribution in [0.4, 0.5) is 19.0 Å². The van der Waals surface area contributed by atoms with Crippen molar-refractivity contribution in [3.8, 4) is 0 Å². The van der Waals surface area contributed by atoms with Crippen molar-refractivity contribution in [2.45, 2.75) is 13.1 Å². The van der Waals surface area contributed by atoms with Crippen LogP contribution in [-0.4, -0.2) is 28.3 Å². The molecule has 2 aromatic rings. The number of amides is 1. The minimum atomic E-state index is -4.48. The van der Waals surface area contributed by atoms with Gasteiger partial charge < -0.3 is 10.1 Å². The summed E-state index contributed by atoms with van der Waals surface area (Å²) < 4.78 is 43.7. The van der Waals surface area contributed by atoms with E-state index >= 15 is 0 Å². The van der Waals surface area contributed by atoms with Crippen LogP contribution < -0.4 is 5.32 Å². The third kappa shape index (κ3) is 3.73. The van der Waals surface area contributed by atoms with Gasteiger partial charge in [-0.15, -0.1) is 0 Å². The maximum absolute atomic E-state index is 12.5. The molecule has 0 saturated carbocycles. The fraction of sp³-hybridized carbons (Fsp3) is 0.267. The molecule has 0 radical (unpaired) electrons. The number of carbonyl (C=O) groups is 2. The third-order valence-electron chi connectivity index (χ3n) is 3.14. The summed E-state index contributed by atoms with van der Waals surface area (Å²) in [5.74, 6) is -1.23. The number of esters is 1. The number of carbonyl (C=O) groups excluding carboxylic acids is 2. The van der Waals surface area contributed by atoms with Crippen molar-refractivity contribution in [2.75, 3.05) is 11.9 Å². The van der Waals surface area contributed by atoms with E-state index in [0.717, 1.165) is 24.3 Å². The van der Waals surface area contributed by atoms with Crippen LogP contribution in [0, 0.1) is 0 Å². The third-order valence-corrected chi connectivity index (χ3v) is 3.14. The van der Waals surface area contributed by atoms with Gasteiger partial charge in [0.2, 0.25) is 0 Å². The van der Waals surface area contributed by atoms with Gasteiger partial charge in [0.25, 0.3) is 5.91 Å². The maximum Gasteiger partial charge on any atom is 0.416 e. The molecule has 0 bridgehead atoms. The highest BCUT2D eigenvalue weighted by Gasteiger charge is 2.30. The highest BCUT2D eigenvalue weighted by Crippen LogP contribution is 2.29. The first-order valence-corrected chi connectivity index (χ1v) is 6.91. The summed E-state index contributed by atoms with van der Waals surface area (Å²) in [6.45, 7) is 1.79. The molecule has 6 nitrogen and oxygen atoms in total. The summed E-state index contributed by atoms with van der Waals surface area (Å²) in [7, 11) is 1.51. The highest BCUT2D eigenvalue weighted by atomic mass is 19.4. The molecular formula is C15H14F3N3O3. The maximum atomic E-state index is 12.5. The largest absolute Gasteiger partial charge is 0.462 e. The predicted octanol–water partition coefficient (Wildman–Crippen LogP) is 2.87. The number of aryl methyl sites for hydroxylation is 1. The molecule has 1 N–H and O–H groups in total. The van der Waals surface area contributed by atoms with E-state index in [-0.39, 0.29) is 23.6 Å². The van der Waals surface area contributed by atoms with Crippen molar-refractivity contribution in [1.29, 1.82) is 0 Å². The normalized spacial score (nSPS) is 11.2. The van der Waals surface area contributed by atoms with Gasteiger partial charge in [0.05, 0.1) is 18.4 Å². The molecule has 0 spiro atoms. The molecule has 9 heteroatoms. The van der Waals surface area contributed by atoms with Gasteiger partial charge in [-0.3, -0.25) is 9.48 Å². The molecule has 0 aliphatic rings. The lowest BCUT2D eigenvalue weighted by Crippen LogP contribution is -2.18. The SMILES string of the molecule is CCOC(=O)c1cnn(C)c1NC(=O)c1ccc(C(F)(F)F)cc1. The van der Waals surface area contributed by atoms with Crippen LogP contribution in [0.25, 0.3) is 0 Å². The monoisotopic (exact) mass is 341 g/mol. The summed E-state index contributed by atoms with van der Waals surface area (Å²) >= 11 is 0. The van der Waals surface area contributed by atoms with Crippen LogP contribution in [0.3, 0.4) is 0 Å². The van der Waals surface area contributed by atoms with Gasteiger partial charge in [-0.1, -0.05) is 0 Å². The summed E-state index contributed by atoms with van der Waals surface area (Å²) in [6, 6.07) is 3.73. The molecular weight excluding hydrogens is 327 g/mol. The fourth-order valence-electron chi connectivity index (χ4n) is 1.93. The zero-order valence-corrected chi connectivity index (χ0v) is 12.8. The lowest BCUT2D eigenvalue weighted by Gasteiger charge is -2.10. The van der Waals surface area contributed by atoms with Gasteiger partial charge in [-0.2, -0.15) is 18.3 Å². The minimum Gasteiger partial charge on any atom is -0.462 e. The number of hydrogen-bond acceptors (Lipinski definition) is 4. The number of nitrogens with one attached hydrogen (secondary N) is 1. The molecule has 0 unspecified atom stereocenters. The lowest BCUT2D eigenvalue weighted by atomic mass is 10.1. The zero-order chi connectivity index (χ0) is 17.9. The Morgan fingerprint density at radius 2 is 1.88 bits per heavy atom. The molecule has 0 atom stereocenters. The zero-order valence-electron chi connectivity index (χ0n) is 12.8. The fourth-order valence-corrected chi connectivity index (χ4v) is 1.93. The number of benzene rings is 1. The topological polar surface area (TPSA) is 73.2 Å². The van der Waals surface area contributed by atoms with Crippen molar-refractivity contribution >= 4 is 17.7 Å². The molecule has 0 aliphatic heterocycles. The van der Waals surface area contributed by atoms with Crippen molar-refractivity contribution in [1.82, 2.24) is 9.78 Å². The Hall–Kier alpha value is -2.84. The van der Waals surface area contributed by atoms with Crippen LogP contribution in [0.5, 0.6) is 0 Å². The molecule has 2 rings (SSSR count). The Balaban J connectivity index is 2.21. The number of aromatic nitrogens is 2. The van der Waals surface area contributed by atoms with Crippen LogP contribution >= 0.6 is 0 Å². The molecule has 1 heterocycles.